The van der Waals surface area contributed by atoms with Crippen LogP contribution in [0.3, 0.4) is 0 Å². The fourth-order valence-electron chi connectivity index (χ4n) is 1.38. The van der Waals surface area contributed by atoms with Crippen molar-refractivity contribution in [2.45, 2.75) is 0 Å². The van der Waals surface area contributed by atoms with Crippen molar-refractivity contribution in [3.05, 3.63) is 42.5 Å². The molecule has 2 rings (SSSR count). The molecule has 0 aliphatic rings. The van der Waals surface area contributed by atoms with Gasteiger partial charge in [0.2, 0.25) is 0 Å². The molecule has 0 heterocycles. The van der Waals surface area contributed by atoms with Crippen molar-refractivity contribution in [1.29, 1.82) is 0 Å². The molecule has 0 aromatic heterocycles. The van der Waals surface area contributed by atoms with E-state index in [-0.39, 0.29) is 22.8 Å². The molecule has 0 saturated heterocycles. The molecule has 0 unspecified atom stereocenters. The first kappa shape index (κ1) is 20.2. The van der Waals surface area contributed by atoms with Gasteiger partial charge in [-0.3, -0.25) is 0 Å². The van der Waals surface area contributed by atoms with Crippen molar-refractivity contribution < 1.29 is 34.9 Å². The monoisotopic (exact) mass is 452 g/mol. The number of hydrogen-bond donors (Lipinski definition) is 4. The van der Waals surface area contributed by atoms with Crippen LogP contribution >= 0.6 is 7.82 Å². The van der Waals surface area contributed by atoms with Crippen LogP contribution in [0.4, 0.5) is 0 Å². The van der Waals surface area contributed by atoms with Gasteiger partial charge in [-0.05, 0) is 0 Å². The first-order valence-corrected chi connectivity index (χ1v) is 9.42. The van der Waals surface area contributed by atoms with E-state index in [9.17, 15) is 7.67 Å². The molecule has 4 N–H and O–H groups in total. The van der Waals surface area contributed by atoms with E-state index in [1.54, 1.807) is 18.2 Å². The Hall–Kier alpha value is -0.791. The van der Waals surface area contributed by atoms with Crippen molar-refractivity contribution in [3.63, 3.8) is 0 Å². The van der Waals surface area contributed by atoms with Gasteiger partial charge in [0, 0.05) is 0 Å². The van der Waals surface area contributed by atoms with Gasteiger partial charge in [-0.15, -0.1) is 0 Å². The van der Waals surface area contributed by atoms with E-state index < -0.39 is 21.2 Å². The van der Waals surface area contributed by atoms with Crippen LogP contribution in [0.25, 0.3) is 10.8 Å². The van der Waals surface area contributed by atoms with E-state index in [2.05, 4.69) is 3.82 Å². The predicted molar refractivity (Wildman–Crippen MR) is 76.7 cm³/mol. The SMILES string of the molecule is O=P(O)(O)O.O=[Se](=O)(O)Oc1cccc2ccccc12.[SeH2]. The van der Waals surface area contributed by atoms with E-state index in [1.165, 1.54) is 6.07 Å². The second kappa shape index (κ2) is 8.00. The van der Waals surface area contributed by atoms with Crippen molar-refractivity contribution in [3.8, 4) is 5.75 Å². The van der Waals surface area contributed by atoms with Crippen LogP contribution in [0.2, 0.25) is 0 Å². The Kier molecular flexibility index (Phi) is 7.70. The molecule has 0 bridgehead atoms. The quantitative estimate of drug-likeness (QED) is 0.360. The Bertz CT molecular complexity index is 726. The molecule has 0 fully saturated rings. The molecule has 118 valence electrons. The number of benzene rings is 2. The van der Waals surface area contributed by atoms with Gasteiger partial charge in [0.25, 0.3) is 0 Å². The summed E-state index contributed by atoms with van der Waals surface area (Å²) in [5.74, 6) is 0.153. The fraction of sp³-hybridized carbons (Fsp3) is 0. The van der Waals surface area contributed by atoms with Gasteiger partial charge < -0.3 is 14.7 Å². The van der Waals surface area contributed by atoms with Crippen LogP contribution in [-0.4, -0.2) is 49.3 Å². The van der Waals surface area contributed by atoms with E-state index in [0.717, 1.165) is 5.39 Å². The third-order valence-electron chi connectivity index (χ3n) is 1.94. The number of phosphoric acid groups is 1. The Morgan fingerprint density at radius 1 is 0.952 bits per heavy atom. The minimum absolute atomic E-state index is 0. The third kappa shape index (κ3) is 8.95. The molecular weight excluding hydrogens is 437 g/mol. The maximum atomic E-state index is 10.7. The molecule has 0 saturated carbocycles. The number of hydrogen-bond acceptors (Lipinski definition) is 4. The van der Waals surface area contributed by atoms with Gasteiger partial charge in [0.05, 0.1) is 0 Å². The Labute approximate surface area is 132 Å². The maximum absolute atomic E-state index is 10.7. The molecule has 8 nitrogen and oxygen atoms in total. The van der Waals surface area contributed by atoms with Gasteiger partial charge in [0.1, 0.15) is 0 Å². The van der Waals surface area contributed by atoms with Gasteiger partial charge in [-0.1, -0.05) is 0 Å². The standard InChI is InChI=1S/C10H8O4Se.H3O4P.H2Se/c11-15(12,13)14-10-7-3-5-8-4-1-2-6-9(8)10;1-5(2,3)4;/h1-7H,(H,11,12,13);(H3,1,2,3,4);1H2. The molecule has 21 heavy (non-hydrogen) atoms. The van der Waals surface area contributed by atoms with Gasteiger partial charge in [-0.25, -0.2) is 4.57 Å². The van der Waals surface area contributed by atoms with E-state index in [4.69, 9.17) is 23.4 Å². The fourth-order valence-corrected chi connectivity index (χ4v) is 2.16. The predicted octanol–water partition coefficient (Wildman–Crippen LogP) is -0.337. The van der Waals surface area contributed by atoms with Crippen molar-refractivity contribution in [2.75, 3.05) is 0 Å². The summed E-state index contributed by atoms with van der Waals surface area (Å²) in [5, 5.41) is 1.51. The summed E-state index contributed by atoms with van der Waals surface area (Å²) in [6, 6.07) is 12.2. The molecule has 0 amide bonds. The first-order chi connectivity index (χ1) is 9.06. The topological polar surface area (TPSA) is 141 Å². The van der Waals surface area contributed by atoms with Crippen LogP contribution in [0.5, 0.6) is 5.75 Å². The van der Waals surface area contributed by atoms with Crippen LogP contribution < -0.4 is 3.82 Å². The molecule has 2 aromatic rings. The summed E-state index contributed by atoms with van der Waals surface area (Å²) in [4.78, 5) is 21.6. The first-order valence-electron chi connectivity index (χ1n) is 4.99. The summed E-state index contributed by atoms with van der Waals surface area (Å²) in [7, 11) is -4.64. The van der Waals surface area contributed by atoms with Gasteiger partial charge in [0.15, 0.2) is 0 Å². The summed E-state index contributed by atoms with van der Waals surface area (Å²) in [6.45, 7) is 0. The average molecular weight is 450 g/mol. The van der Waals surface area contributed by atoms with Crippen molar-refractivity contribution >= 4 is 49.0 Å². The molecule has 2 aromatic carbocycles. The molecule has 0 radical (unpaired) electrons. The number of fused-ring (bicyclic) bond motifs is 1. The average Bonchev–Trinajstić information content (AvgIpc) is 2.25. The molecule has 0 aliphatic heterocycles. The second-order valence-electron chi connectivity index (χ2n) is 3.50. The molecule has 0 atom stereocenters. The summed E-state index contributed by atoms with van der Waals surface area (Å²) < 4.78 is 43.4. The third-order valence-corrected chi connectivity index (χ3v) is 2.76. The Morgan fingerprint density at radius 3 is 1.95 bits per heavy atom. The molecular formula is C10H13O8PSe2. The van der Waals surface area contributed by atoms with Crippen LogP contribution in [-0.2, 0) is 12.2 Å². The summed E-state index contributed by atoms with van der Waals surface area (Å²) >= 11 is -5.19. The van der Waals surface area contributed by atoms with Gasteiger partial charge >= 0.3 is 113 Å². The summed E-state index contributed by atoms with van der Waals surface area (Å²) in [6.07, 6.45) is 0. The number of rotatable bonds is 2. The Balaban J connectivity index is 0.000000583. The zero-order valence-corrected chi connectivity index (χ0v) is 15.0. The molecule has 0 spiro atoms. The van der Waals surface area contributed by atoms with E-state index >= 15 is 0 Å². The van der Waals surface area contributed by atoms with Crippen molar-refractivity contribution in [1.82, 2.24) is 0 Å². The van der Waals surface area contributed by atoms with E-state index in [0.29, 0.717) is 5.39 Å². The second-order valence-corrected chi connectivity index (χ2v) is 6.67. The van der Waals surface area contributed by atoms with Crippen LogP contribution in [0, 0.1) is 0 Å². The normalized spacial score (nSPS) is 11.0. The van der Waals surface area contributed by atoms with Crippen LogP contribution in [0.1, 0.15) is 0 Å². The summed E-state index contributed by atoms with van der Waals surface area (Å²) in [5.41, 5.74) is 0. The zero-order valence-electron chi connectivity index (χ0n) is 10.3. The molecule has 11 heteroatoms. The Morgan fingerprint density at radius 2 is 1.43 bits per heavy atom. The van der Waals surface area contributed by atoms with Gasteiger partial charge in [-0.2, -0.15) is 0 Å². The van der Waals surface area contributed by atoms with E-state index in [1.807, 2.05) is 18.2 Å². The molecule has 0 aliphatic carbocycles. The van der Waals surface area contributed by atoms with Crippen LogP contribution in [0.15, 0.2) is 42.5 Å². The zero-order chi connectivity index (χ0) is 15.4. The minimum atomic E-state index is -5.19. The van der Waals surface area contributed by atoms with Crippen molar-refractivity contribution in [2.24, 2.45) is 0 Å².